The molecule has 1 N–H and O–H groups in total. The number of ether oxygens (including phenoxy) is 1. The largest absolute Gasteiger partial charge is 0.402 e. The van der Waals surface area contributed by atoms with E-state index in [-0.39, 0.29) is 10.7 Å². The third-order valence-electron chi connectivity index (χ3n) is 8.96. The lowest BCUT2D eigenvalue weighted by Gasteiger charge is -2.43. The number of pyridine rings is 1. The molecule has 0 atom stereocenters. The third-order valence-corrected chi connectivity index (χ3v) is 15.6. The van der Waals surface area contributed by atoms with Crippen molar-refractivity contribution in [1.82, 2.24) is 18.9 Å². The molecule has 0 amide bonds. The maximum Gasteiger partial charge on any atom is 0.261 e. The van der Waals surface area contributed by atoms with Crippen LogP contribution in [0.15, 0.2) is 110 Å². The Morgan fingerprint density at radius 3 is 2.14 bits per heavy atom. The molecule has 0 bridgehead atoms. The van der Waals surface area contributed by atoms with Crippen molar-refractivity contribution in [2.75, 3.05) is 11.9 Å². The van der Waals surface area contributed by atoms with Gasteiger partial charge in [0.25, 0.3) is 8.32 Å². The summed E-state index contributed by atoms with van der Waals surface area (Å²) in [5, 5.41) is 5.27. The maximum atomic E-state index is 14.4. The number of halogens is 2. The van der Waals surface area contributed by atoms with Crippen molar-refractivity contribution >= 4 is 43.7 Å². The topological polar surface area (TPSA) is 65.6 Å². The zero-order valence-electron chi connectivity index (χ0n) is 29.6. The van der Waals surface area contributed by atoms with Crippen LogP contribution in [0.5, 0.6) is 0 Å². The summed E-state index contributed by atoms with van der Waals surface area (Å²) in [5.41, 5.74) is 3.22. The molecule has 0 spiro atoms. The number of anilines is 2. The zero-order chi connectivity index (χ0) is 35.5. The van der Waals surface area contributed by atoms with Crippen molar-refractivity contribution in [3.63, 3.8) is 0 Å². The van der Waals surface area contributed by atoms with Crippen molar-refractivity contribution in [3.05, 3.63) is 127 Å². The van der Waals surface area contributed by atoms with Crippen LogP contribution in [0.4, 0.5) is 20.2 Å². The lowest BCUT2D eigenvalue weighted by atomic mass is 10.2. The fourth-order valence-electron chi connectivity index (χ4n) is 6.33. The first-order valence-electron chi connectivity index (χ1n) is 16.9. The molecule has 0 radical (unpaired) electrons. The average molecular weight is 710 g/mol. The number of hydrogen-bond acceptors (Lipinski definition) is 5. The van der Waals surface area contributed by atoms with Gasteiger partial charge in [0, 0.05) is 26.9 Å². The molecule has 3 aromatic carbocycles. The second-order valence-corrected chi connectivity index (χ2v) is 24.8. The summed E-state index contributed by atoms with van der Waals surface area (Å²) >= 11 is 0. The molecular weight excluding hydrogens is 665 g/mol. The summed E-state index contributed by atoms with van der Waals surface area (Å²) in [7, 11) is -4.12. The molecule has 11 heteroatoms. The van der Waals surface area contributed by atoms with E-state index in [4.69, 9.17) is 19.1 Å². The van der Waals surface area contributed by atoms with Crippen molar-refractivity contribution in [2.45, 2.75) is 64.8 Å². The SMILES string of the molecule is CC(C)(C)[Si](OCc1cnc(-c2ncn3cc(Nc4ccc(F)cc4F)ccc23)n1COCC[Si](C)(C)C)(c1ccccc1)c1ccccc1. The van der Waals surface area contributed by atoms with Crippen LogP contribution in [0.2, 0.25) is 30.7 Å². The van der Waals surface area contributed by atoms with Gasteiger partial charge in [-0.15, -0.1) is 0 Å². The second-order valence-electron chi connectivity index (χ2n) is 14.9. The van der Waals surface area contributed by atoms with Crippen LogP contribution < -0.4 is 15.7 Å². The zero-order valence-corrected chi connectivity index (χ0v) is 31.6. The number of nitrogens with one attached hydrogen (secondary N) is 1. The molecule has 0 fully saturated rings. The van der Waals surface area contributed by atoms with Gasteiger partial charge in [0.2, 0.25) is 0 Å². The van der Waals surface area contributed by atoms with Gasteiger partial charge in [-0.2, -0.15) is 0 Å². The number of rotatable bonds is 13. The van der Waals surface area contributed by atoms with E-state index in [0.717, 1.165) is 23.3 Å². The maximum absolute atomic E-state index is 14.4. The van der Waals surface area contributed by atoms with Crippen molar-refractivity contribution in [3.8, 4) is 11.5 Å². The van der Waals surface area contributed by atoms with E-state index in [1.165, 1.54) is 22.5 Å². The minimum Gasteiger partial charge on any atom is -0.402 e. The minimum absolute atomic E-state index is 0.181. The van der Waals surface area contributed by atoms with Gasteiger partial charge < -0.3 is 23.4 Å². The van der Waals surface area contributed by atoms with Gasteiger partial charge in [-0.25, -0.2) is 18.7 Å². The van der Waals surface area contributed by atoms with Crippen LogP contribution in [0, 0.1) is 11.6 Å². The number of fused-ring (bicyclic) bond motifs is 1. The fourth-order valence-corrected chi connectivity index (χ4v) is 11.6. The van der Waals surface area contributed by atoms with Crippen LogP contribution in [0.3, 0.4) is 0 Å². The first-order chi connectivity index (χ1) is 23.9. The van der Waals surface area contributed by atoms with Crippen LogP contribution in [-0.2, 0) is 22.5 Å². The Balaban J connectivity index is 1.36. The van der Waals surface area contributed by atoms with Crippen LogP contribution in [0.1, 0.15) is 26.5 Å². The van der Waals surface area contributed by atoms with Crippen LogP contribution >= 0.6 is 0 Å². The number of imidazole rings is 2. The van der Waals surface area contributed by atoms with Gasteiger partial charge >= 0.3 is 0 Å². The van der Waals surface area contributed by atoms with Gasteiger partial charge in [0.1, 0.15) is 30.4 Å². The quantitative estimate of drug-likeness (QED) is 0.0962. The molecule has 3 aromatic heterocycles. The van der Waals surface area contributed by atoms with E-state index in [2.05, 4.69) is 98.8 Å². The normalized spacial score (nSPS) is 12.5. The number of nitrogens with zero attached hydrogens (tertiary/aromatic N) is 4. The summed E-state index contributed by atoms with van der Waals surface area (Å²) in [4.78, 5) is 9.68. The number of aromatic nitrogens is 4. The molecule has 0 aliphatic heterocycles. The highest BCUT2D eigenvalue weighted by Gasteiger charge is 2.50. The molecule has 0 saturated heterocycles. The first kappa shape index (κ1) is 35.4. The van der Waals surface area contributed by atoms with E-state index in [0.29, 0.717) is 37.2 Å². The van der Waals surface area contributed by atoms with E-state index < -0.39 is 28.0 Å². The van der Waals surface area contributed by atoms with Gasteiger partial charge in [-0.05, 0) is 45.7 Å². The van der Waals surface area contributed by atoms with Crippen LogP contribution in [-0.4, -0.2) is 41.9 Å². The van der Waals surface area contributed by atoms with Crippen LogP contribution in [0.25, 0.3) is 17.0 Å². The van der Waals surface area contributed by atoms with Gasteiger partial charge in [0.05, 0.1) is 35.4 Å². The summed E-state index contributed by atoms with van der Waals surface area (Å²) in [6.45, 7) is 15.1. The molecule has 0 unspecified atom stereocenters. The Labute approximate surface area is 295 Å². The lowest BCUT2D eigenvalue weighted by Crippen LogP contribution is -2.66. The smallest absolute Gasteiger partial charge is 0.261 e. The molecule has 6 rings (SSSR count). The van der Waals surface area contributed by atoms with E-state index >= 15 is 0 Å². The highest BCUT2D eigenvalue weighted by molar-refractivity contribution is 6.99. The summed E-state index contributed by atoms with van der Waals surface area (Å²) in [5.74, 6) is -0.619. The Morgan fingerprint density at radius 1 is 0.840 bits per heavy atom. The van der Waals surface area contributed by atoms with Gasteiger partial charge in [-0.3, -0.25) is 0 Å². The number of benzene rings is 3. The Morgan fingerprint density at radius 2 is 1.52 bits per heavy atom. The molecule has 260 valence electrons. The first-order valence-corrected chi connectivity index (χ1v) is 22.5. The molecule has 50 heavy (non-hydrogen) atoms. The third kappa shape index (κ3) is 7.51. The molecule has 7 nitrogen and oxygen atoms in total. The molecule has 0 aliphatic rings. The highest BCUT2D eigenvalue weighted by Crippen LogP contribution is 2.37. The molecule has 6 aromatic rings. The predicted molar refractivity (Wildman–Crippen MR) is 203 cm³/mol. The van der Waals surface area contributed by atoms with Crippen molar-refractivity contribution in [2.24, 2.45) is 0 Å². The van der Waals surface area contributed by atoms with E-state index in [1.54, 1.807) is 6.33 Å². The average Bonchev–Trinajstić information content (AvgIpc) is 3.68. The Hall–Kier alpha value is -4.43. The van der Waals surface area contributed by atoms with Crippen molar-refractivity contribution < 1.29 is 17.9 Å². The Kier molecular flexibility index (Phi) is 10.2. The fraction of sp³-hybridized carbons (Fsp3) is 0.282. The minimum atomic E-state index is -2.82. The summed E-state index contributed by atoms with van der Waals surface area (Å²) in [6.07, 6.45) is 5.40. The monoisotopic (exact) mass is 709 g/mol. The lowest BCUT2D eigenvalue weighted by molar-refractivity contribution is 0.0838. The molecular formula is C39H45F2N5O2Si2. The molecule has 3 heterocycles. The standard InChI is InChI=1S/C39H45F2N5O2Si2/c1-39(2,3)50(32-13-9-7-10-14-32,33-15-11-8-12-16-33)48-26-31-24-42-38(46(31)28-47-21-22-49(4,5)6)37-36-20-18-30(25-45(36)27-43-37)44-35-19-17-29(40)23-34(35)41/h7-20,23-25,27,44H,21-22,26,28H2,1-6H3. The van der Waals surface area contributed by atoms with E-state index in [9.17, 15) is 8.78 Å². The number of hydrogen-bond donors (Lipinski definition) is 1. The van der Waals surface area contributed by atoms with Gasteiger partial charge in [-0.1, -0.05) is 101 Å². The summed E-state index contributed by atoms with van der Waals surface area (Å²) < 4.78 is 45.4. The second kappa shape index (κ2) is 14.4. The predicted octanol–water partition coefficient (Wildman–Crippen LogP) is 8.61. The Bertz CT molecular complexity index is 2020. The van der Waals surface area contributed by atoms with Gasteiger partial charge in [0.15, 0.2) is 5.82 Å². The summed E-state index contributed by atoms with van der Waals surface area (Å²) in [6, 6.07) is 29.5. The van der Waals surface area contributed by atoms with Crippen molar-refractivity contribution in [1.29, 1.82) is 0 Å². The highest BCUT2D eigenvalue weighted by atomic mass is 28.4. The molecule has 0 aliphatic carbocycles. The molecule has 0 saturated carbocycles. The van der Waals surface area contributed by atoms with E-state index in [1.807, 2.05) is 41.1 Å².